The fourth-order valence-electron chi connectivity index (χ4n) is 2.33. The van der Waals surface area contributed by atoms with E-state index in [-0.39, 0.29) is 24.0 Å². The van der Waals surface area contributed by atoms with E-state index in [4.69, 9.17) is 4.74 Å². The Morgan fingerprint density at radius 2 is 1.95 bits per heavy atom. The molecule has 0 aromatic heterocycles. The van der Waals surface area contributed by atoms with Crippen molar-refractivity contribution in [3.8, 4) is 5.75 Å². The molecule has 2 N–H and O–H groups in total. The van der Waals surface area contributed by atoms with Gasteiger partial charge in [-0.25, -0.2) is 0 Å². The Bertz CT molecular complexity index is 433. The molecule has 0 bridgehead atoms. The van der Waals surface area contributed by atoms with Gasteiger partial charge in [-0.2, -0.15) is 0 Å². The van der Waals surface area contributed by atoms with Crippen molar-refractivity contribution in [2.75, 3.05) is 20.2 Å². The third-order valence-electron chi connectivity index (χ3n) is 3.40. The first-order chi connectivity index (χ1) is 9.78. The predicted molar refractivity (Wildman–Crippen MR) is 102 cm³/mol. The number of aliphatic imine (C=N–C) groups is 1. The van der Waals surface area contributed by atoms with Crippen LogP contribution < -0.4 is 15.4 Å². The van der Waals surface area contributed by atoms with Crippen molar-refractivity contribution in [3.05, 3.63) is 28.7 Å². The van der Waals surface area contributed by atoms with Crippen LogP contribution >= 0.6 is 39.9 Å². The normalized spacial score (nSPS) is 15.4. The third kappa shape index (κ3) is 6.86. The van der Waals surface area contributed by atoms with Crippen molar-refractivity contribution < 1.29 is 4.74 Å². The molecule has 1 fully saturated rings. The maximum absolute atomic E-state index is 5.66. The number of rotatable bonds is 5. The average Bonchev–Trinajstić information content (AvgIpc) is 2.97. The van der Waals surface area contributed by atoms with Crippen LogP contribution in [0.1, 0.15) is 25.7 Å². The third-order valence-corrected chi connectivity index (χ3v) is 3.93. The van der Waals surface area contributed by atoms with E-state index in [1.54, 1.807) is 7.05 Å². The lowest BCUT2D eigenvalue weighted by Crippen LogP contribution is -2.43. The lowest BCUT2D eigenvalue weighted by Gasteiger charge is -2.17. The monoisotopic (exact) mass is 467 g/mol. The number of benzene rings is 1. The Hall–Kier alpha value is -0.500. The van der Waals surface area contributed by atoms with E-state index < -0.39 is 0 Å². The Balaban J connectivity index is 0.00000220. The Morgan fingerprint density at radius 3 is 2.57 bits per heavy atom. The van der Waals surface area contributed by atoms with Gasteiger partial charge in [0.25, 0.3) is 0 Å². The van der Waals surface area contributed by atoms with Crippen molar-refractivity contribution >= 4 is 45.9 Å². The highest BCUT2D eigenvalue weighted by Crippen LogP contribution is 2.17. The van der Waals surface area contributed by atoms with Crippen LogP contribution in [0.15, 0.2) is 33.7 Å². The van der Waals surface area contributed by atoms with Gasteiger partial charge in [0.2, 0.25) is 0 Å². The first-order valence-electron chi connectivity index (χ1n) is 7.13. The van der Waals surface area contributed by atoms with Crippen LogP contribution in [0, 0.1) is 0 Å². The molecule has 1 aliphatic carbocycles. The molecule has 0 aliphatic heterocycles. The van der Waals surface area contributed by atoms with E-state index in [9.17, 15) is 0 Å². The quantitative estimate of drug-likeness (QED) is 0.301. The van der Waals surface area contributed by atoms with Crippen LogP contribution in [0.4, 0.5) is 0 Å². The van der Waals surface area contributed by atoms with E-state index in [0.717, 1.165) is 22.7 Å². The molecule has 0 radical (unpaired) electrons. The second-order valence-corrected chi connectivity index (χ2v) is 5.84. The van der Waals surface area contributed by atoms with Gasteiger partial charge in [-0.05, 0) is 37.1 Å². The van der Waals surface area contributed by atoms with Crippen LogP contribution in [0.5, 0.6) is 5.75 Å². The molecule has 1 aromatic carbocycles. The molecule has 1 aliphatic rings. The molecule has 1 aromatic rings. The second kappa shape index (κ2) is 10.3. The average molecular weight is 468 g/mol. The molecule has 2 rings (SSSR count). The first-order valence-corrected chi connectivity index (χ1v) is 7.93. The lowest BCUT2D eigenvalue weighted by atomic mass is 10.2. The molecule has 6 heteroatoms. The molecule has 118 valence electrons. The summed E-state index contributed by atoms with van der Waals surface area (Å²) >= 11 is 3.41. The number of ether oxygens (including phenoxy) is 1. The van der Waals surface area contributed by atoms with Crippen LogP contribution in [0.25, 0.3) is 0 Å². The van der Waals surface area contributed by atoms with Crippen LogP contribution in [-0.4, -0.2) is 32.2 Å². The van der Waals surface area contributed by atoms with Crippen molar-refractivity contribution in [1.29, 1.82) is 0 Å². The van der Waals surface area contributed by atoms with E-state index in [2.05, 4.69) is 31.6 Å². The van der Waals surface area contributed by atoms with Crippen molar-refractivity contribution in [1.82, 2.24) is 10.6 Å². The van der Waals surface area contributed by atoms with Crippen molar-refractivity contribution in [3.63, 3.8) is 0 Å². The zero-order valence-corrected chi connectivity index (χ0v) is 16.2. The Morgan fingerprint density at radius 1 is 1.29 bits per heavy atom. The fourth-order valence-corrected chi connectivity index (χ4v) is 2.59. The predicted octanol–water partition coefficient (Wildman–Crippen LogP) is 3.55. The summed E-state index contributed by atoms with van der Waals surface area (Å²) in [4.78, 5) is 4.24. The topological polar surface area (TPSA) is 45.7 Å². The number of hydrogen-bond acceptors (Lipinski definition) is 2. The summed E-state index contributed by atoms with van der Waals surface area (Å²) < 4.78 is 6.72. The smallest absolute Gasteiger partial charge is 0.191 e. The maximum atomic E-state index is 5.66. The summed E-state index contributed by atoms with van der Waals surface area (Å²) in [7, 11) is 1.81. The minimum atomic E-state index is 0. The molecule has 0 saturated heterocycles. The Labute approximate surface area is 152 Å². The van der Waals surface area contributed by atoms with Gasteiger partial charge in [0.1, 0.15) is 12.4 Å². The molecule has 21 heavy (non-hydrogen) atoms. The largest absolute Gasteiger partial charge is 0.492 e. The molecule has 0 atom stereocenters. The lowest BCUT2D eigenvalue weighted by molar-refractivity contribution is 0.321. The van der Waals surface area contributed by atoms with Crippen LogP contribution in [0.3, 0.4) is 0 Å². The van der Waals surface area contributed by atoms with Gasteiger partial charge < -0.3 is 15.4 Å². The van der Waals surface area contributed by atoms with Crippen LogP contribution in [0.2, 0.25) is 0 Å². The van der Waals surface area contributed by atoms with E-state index in [1.165, 1.54) is 25.7 Å². The highest BCUT2D eigenvalue weighted by Gasteiger charge is 2.15. The summed E-state index contributed by atoms with van der Waals surface area (Å²) in [5, 5.41) is 6.73. The first kappa shape index (κ1) is 18.5. The van der Waals surface area contributed by atoms with Gasteiger partial charge in [-0.1, -0.05) is 28.8 Å². The summed E-state index contributed by atoms with van der Waals surface area (Å²) in [6.07, 6.45) is 5.13. The van der Waals surface area contributed by atoms with Gasteiger partial charge in [-0.3, -0.25) is 4.99 Å². The summed E-state index contributed by atoms with van der Waals surface area (Å²) in [6.45, 7) is 1.36. The van der Waals surface area contributed by atoms with Gasteiger partial charge in [0.15, 0.2) is 5.96 Å². The number of nitrogens with zero attached hydrogens (tertiary/aromatic N) is 1. The van der Waals surface area contributed by atoms with Gasteiger partial charge in [0.05, 0.1) is 6.54 Å². The molecule has 0 heterocycles. The SMILES string of the molecule is CN=C(NCCOc1ccc(Br)cc1)NC1CCCC1.I. The summed E-state index contributed by atoms with van der Waals surface area (Å²) in [5.74, 6) is 1.75. The standard InChI is InChI=1S/C15H22BrN3O.HI/c1-17-15(19-13-4-2-3-5-13)18-10-11-20-14-8-6-12(16)7-9-14;/h6-9,13H,2-5,10-11H2,1H3,(H2,17,18,19);1H. The highest BCUT2D eigenvalue weighted by atomic mass is 127. The van der Waals surface area contributed by atoms with Crippen LogP contribution in [-0.2, 0) is 0 Å². The highest BCUT2D eigenvalue weighted by molar-refractivity contribution is 14.0. The number of hydrogen-bond donors (Lipinski definition) is 2. The van der Waals surface area contributed by atoms with E-state index in [0.29, 0.717) is 12.6 Å². The van der Waals surface area contributed by atoms with Crippen molar-refractivity contribution in [2.24, 2.45) is 4.99 Å². The van der Waals surface area contributed by atoms with E-state index >= 15 is 0 Å². The zero-order valence-electron chi connectivity index (χ0n) is 12.3. The number of guanidine groups is 1. The van der Waals surface area contributed by atoms with E-state index in [1.807, 2.05) is 24.3 Å². The molecule has 1 saturated carbocycles. The Kier molecular flexibility index (Phi) is 9.07. The maximum Gasteiger partial charge on any atom is 0.191 e. The summed E-state index contributed by atoms with van der Waals surface area (Å²) in [5.41, 5.74) is 0. The molecular weight excluding hydrogens is 445 g/mol. The molecule has 0 unspecified atom stereocenters. The molecular formula is C15H23BrIN3O. The molecule has 0 amide bonds. The summed E-state index contributed by atoms with van der Waals surface area (Å²) in [6, 6.07) is 8.44. The fraction of sp³-hybridized carbons (Fsp3) is 0.533. The van der Waals surface area contributed by atoms with Gasteiger partial charge >= 0.3 is 0 Å². The zero-order chi connectivity index (χ0) is 14.2. The number of nitrogens with one attached hydrogen (secondary N) is 2. The second-order valence-electron chi connectivity index (χ2n) is 4.93. The molecule has 4 nitrogen and oxygen atoms in total. The van der Waals surface area contributed by atoms with Crippen molar-refractivity contribution in [2.45, 2.75) is 31.7 Å². The molecule has 0 spiro atoms. The minimum absolute atomic E-state index is 0. The van der Waals surface area contributed by atoms with Gasteiger partial charge in [0, 0.05) is 17.6 Å². The minimum Gasteiger partial charge on any atom is -0.492 e. The van der Waals surface area contributed by atoms with Gasteiger partial charge in [-0.15, -0.1) is 24.0 Å². The number of halogens is 2.